The number of hydrogen-bond donors (Lipinski definition) is 10. The van der Waals surface area contributed by atoms with Gasteiger partial charge in [-0.1, -0.05) is 64.1 Å². The number of anilines is 1. The summed E-state index contributed by atoms with van der Waals surface area (Å²) in [6, 6.07) is 0. The second kappa shape index (κ2) is 23.1. The van der Waals surface area contributed by atoms with Gasteiger partial charge < -0.3 is 56.0 Å². The normalized spacial score (nSPS) is 32.6. The van der Waals surface area contributed by atoms with Crippen LogP contribution in [0.1, 0.15) is 98.6 Å². The van der Waals surface area contributed by atoms with E-state index >= 15 is 0 Å². The number of thioether (sulfide) groups is 1. The fourth-order valence-corrected chi connectivity index (χ4v) is 15.6. The third-order valence-corrected chi connectivity index (χ3v) is 20.0. The molecule has 29 heteroatoms. The Balaban J connectivity index is 0.788. The summed E-state index contributed by atoms with van der Waals surface area (Å²) in [5, 5.41) is 37.0. The van der Waals surface area contributed by atoms with E-state index in [2.05, 4.69) is 61.3 Å². The third-order valence-electron chi connectivity index (χ3n) is 16.1. The monoisotopic (exact) mass is 1120 g/mol. The van der Waals surface area contributed by atoms with E-state index in [9.17, 15) is 63.0 Å². The molecule has 3 saturated carbocycles. The molecule has 4 aliphatic carbocycles. The van der Waals surface area contributed by atoms with Crippen LogP contribution in [0, 0.1) is 45.8 Å². The molecule has 2 amide bonds. The fourth-order valence-electron chi connectivity index (χ4n) is 12.2. The van der Waals surface area contributed by atoms with Crippen molar-refractivity contribution < 1.29 is 85.6 Å². The molecule has 25 nitrogen and oxygen atoms in total. The molecule has 5 aliphatic rings. The van der Waals surface area contributed by atoms with E-state index < -0.39 is 84.6 Å². The van der Waals surface area contributed by atoms with E-state index in [-0.39, 0.29) is 64.5 Å². The van der Waals surface area contributed by atoms with Crippen molar-refractivity contribution in [3.63, 3.8) is 0 Å². The average molecular weight is 1120 g/mol. The number of fused-ring (bicyclic) bond motifs is 6. The van der Waals surface area contributed by atoms with Crippen molar-refractivity contribution in [2.45, 2.75) is 129 Å². The van der Waals surface area contributed by atoms with E-state index in [1.807, 2.05) is 6.08 Å². The maximum absolute atomic E-state index is 12.9. The Morgan fingerprint density at radius 3 is 2.46 bits per heavy atom. The van der Waals surface area contributed by atoms with Crippen LogP contribution in [0.25, 0.3) is 11.2 Å². The standard InChI is InChI=1S/C45H70N7O18P3S/c1-25(29-9-10-30-28-8-7-26-20-27(53)12-15-44(26,4)31(28)13-16-45(29,30)5)6-11-34(55)74-19-18-47-33(54)14-17-48-41(58)38(57)43(2,3)22-67-73(64,65)70-72(62,63)66-21-32-37(69-71(59,60)61)36(56)42(68-32)52-24-51-35-39(46)49-23-50-40(35)52/h6-7,11,23-25,27-32,36-38,42,53,56-57H,8-10,12-22H2,1-5H3,(H,47,54)(H,48,58)(H,62,63)(H,64,65)(H2,46,49,50)(H2,59,60,61)/t25-,27+,28+,29-,30+,31+,32-,36-,37-,38+,42-,44+,45-/m1/s1. The van der Waals surface area contributed by atoms with Crippen molar-refractivity contribution in [3.8, 4) is 0 Å². The van der Waals surface area contributed by atoms with Crippen LogP contribution >= 0.6 is 35.2 Å². The number of ether oxygens (including phenoxy) is 1. The molecule has 0 aromatic carbocycles. The van der Waals surface area contributed by atoms with Gasteiger partial charge in [-0.15, -0.1) is 0 Å². The van der Waals surface area contributed by atoms with E-state index in [0.717, 1.165) is 61.1 Å². The predicted octanol–water partition coefficient (Wildman–Crippen LogP) is 3.80. The SMILES string of the molecule is C[C@H](C=CC(=O)SCCNC(=O)CCNC(=O)[C@H](O)C(C)(C)COP(=O)(O)OP(=O)(O)OC[C@H]1O[C@@H](n2cnc3c(N)ncnc32)[C@H](O)[C@@H]1OP(=O)(O)O)[C@H]1CC[C@H]2[C@@H]3CC=C4C[C@@H](O)CC[C@]4(C)[C@H]3CC[C@]12C. The number of amides is 2. The van der Waals surface area contributed by atoms with Gasteiger partial charge >= 0.3 is 23.5 Å². The first-order valence-corrected chi connectivity index (χ1v) is 30.2. The number of rotatable bonds is 22. The second-order valence-electron chi connectivity index (χ2n) is 21.3. The van der Waals surface area contributed by atoms with Crippen LogP contribution in [-0.2, 0) is 50.7 Å². The van der Waals surface area contributed by atoms with Gasteiger partial charge in [0.15, 0.2) is 17.7 Å². The lowest BCUT2D eigenvalue weighted by Crippen LogP contribution is -2.50. The van der Waals surface area contributed by atoms with Gasteiger partial charge in [0, 0.05) is 30.7 Å². The second-order valence-corrected chi connectivity index (χ2v) is 26.7. The highest BCUT2D eigenvalue weighted by atomic mass is 32.2. The van der Waals surface area contributed by atoms with E-state index in [1.165, 1.54) is 38.7 Å². The summed E-state index contributed by atoms with van der Waals surface area (Å²) in [6.07, 6.45) is 7.55. The molecule has 1 saturated heterocycles. The third kappa shape index (κ3) is 13.5. The molecular formula is C45H70N7O18P3S. The Labute approximate surface area is 432 Å². The fraction of sp³-hybridized carbons (Fsp3) is 0.733. The number of nitrogens with zero attached hydrogens (tertiary/aromatic N) is 4. The smallest absolute Gasteiger partial charge is 0.393 e. The molecular weight excluding hydrogens is 1050 g/mol. The maximum atomic E-state index is 12.9. The van der Waals surface area contributed by atoms with Crippen molar-refractivity contribution in [1.29, 1.82) is 0 Å². The Hall–Kier alpha value is -3.00. The molecule has 11 N–H and O–H groups in total. The highest BCUT2D eigenvalue weighted by molar-refractivity contribution is 8.14. The lowest BCUT2D eigenvalue weighted by Gasteiger charge is -2.58. The summed E-state index contributed by atoms with van der Waals surface area (Å²) in [4.78, 5) is 89.6. The topological polar surface area (TPSA) is 384 Å². The Morgan fingerprint density at radius 1 is 1.00 bits per heavy atom. The summed E-state index contributed by atoms with van der Waals surface area (Å²) in [5.41, 5.74) is 6.15. The van der Waals surface area contributed by atoms with Gasteiger partial charge in [0.1, 0.15) is 36.3 Å². The molecule has 7 rings (SSSR count). The molecule has 3 heterocycles. The minimum Gasteiger partial charge on any atom is -0.393 e. The van der Waals surface area contributed by atoms with Crippen molar-refractivity contribution in [1.82, 2.24) is 30.2 Å². The van der Waals surface area contributed by atoms with Crippen molar-refractivity contribution >= 4 is 69.1 Å². The van der Waals surface area contributed by atoms with Gasteiger partial charge in [0.25, 0.3) is 0 Å². The average Bonchev–Trinajstić information content (AvgIpc) is 4.00. The number of aliphatic hydroxyl groups is 3. The molecule has 0 spiro atoms. The van der Waals surface area contributed by atoms with Crippen molar-refractivity contribution in [2.75, 3.05) is 37.8 Å². The minimum absolute atomic E-state index is 0.0303. The molecule has 2 unspecified atom stereocenters. The number of nitrogen functional groups attached to an aromatic ring is 1. The van der Waals surface area contributed by atoms with Gasteiger partial charge in [0.05, 0.1) is 25.6 Å². The van der Waals surface area contributed by atoms with E-state index in [1.54, 1.807) is 6.08 Å². The van der Waals surface area contributed by atoms with Crippen molar-refractivity contribution in [3.05, 3.63) is 36.5 Å². The number of nitrogens with two attached hydrogens (primary N) is 1. The number of allylic oxidation sites excluding steroid dienone is 2. The zero-order valence-corrected chi connectivity index (χ0v) is 45.4. The molecule has 4 fully saturated rings. The number of aliphatic hydroxyl groups excluding tert-OH is 3. The molecule has 0 bridgehead atoms. The minimum atomic E-state index is -5.59. The molecule has 74 heavy (non-hydrogen) atoms. The number of aromatic nitrogens is 4. The Bertz CT molecular complexity index is 2600. The quantitative estimate of drug-likeness (QED) is 0.0347. The number of imidazole rings is 1. The zero-order chi connectivity index (χ0) is 54.2. The van der Waals surface area contributed by atoms with Crippen LogP contribution in [0.5, 0.6) is 0 Å². The summed E-state index contributed by atoms with van der Waals surface area (Å²) in [5.74, 6) is 1.56. The van der Waals surface area contributed by atoms with Crippen LogP contribution in [-0.4, -0.2) is 134 Å². The van der Waals surface area contributed by atoms with Gasteiger partial charge in [-0.3, -0.25) is 32.5 Å². The van der Waals surface area contributed by atoms with Crippen molar-refractivity contribution in [2.24, 2.45) is 45.8 Å². The first-order valence-electron chi connectivity index (χ1n) is 24.7. The summed E-state index contributed by atoms with van der Waals surface area (Å²) in [7, 11) is -16.5. The summed E-state index contributed by atoms with van der Waals surface area (Å²) < 4.78 is 62.7. The highest BCUT2D eigenvalue weighted by Crippen LogP contribution is 2.67. The van der Waals surface area contributed by atoms with E-state index in [0.29, 0.717) is 29.4 Å². The Morgan fingerprint density at radius 2 is 1.73 bits per heavy atom. The Kier molecular flexibility index (Phi) is 18.4. The number of carbonyl (C=O) groups is 3. The highest BCUT2D eigenvalue weighted by Gasteiger charge is 2.59. The first-order chi connectivity index (χ1) is 34.5. The lowest BCUT2D eigenvalue weighted by molar-refractivity contribution is -0.137. The molecule has 414 valence electrons. The number of hydrogen-bond acceptors (Lipinski definition) is 19. The van der Waals surface area contributed by atoms with Gasteiger partial charge in [0.2, 0.25) is 16.9 Å². The van der Waals surface area contributed by atoms with E-state index in [4.69, 9.17) is 19.5 Å². The maximum Gasteiger partial charge on any atom is 0.481 e. The first kappa shape index (κ1) is 58.7. The van der Waals surface area contributed by atoms with Crippen LogP contribution in [0.3, 0.4) is 0 Å². The number of carbonyl (C=O) groups excluding carboxylic acids is 3. The van der Waals surface area contributed by atoms with Crippen LogP contribution in [0.4, 0.5) is 5.82 Å². The number of phosphoric acid groups is 3. The summed E-state index contributed by atoms with van der Waals surface area (Å²) in [6.45, 7) is 7.61. The molecule has 2 aromatic heterocycles. The predicted molar refractivity (Wildman–Crippen MR) is 267 cm³/mol. The van der Waals surface area contributed by atoms with Crippen LogP contribution in [0.2, 0.25) is 0 Å². The van der Waals surface area contributed by atoms with Gasteiger partial charge in [-0.2, -0.15) is 4.31 Å². The number of nitrogens with one attached hydrogen (secondary N) is 2. The van der Waals surface area contributed by atoms with Gasteiger partial charge in [-0.25, -0.2) is 28.6 Å². The summed E-state index contributed by atoms with van der Waals surface area (Å²) >= 11 is 1.09. The largest absolute Gasteiger partial charge is 0.481 e. The molecule has 2 aromatic rings. The zero-order valence-electron chi connectivity index (χ0n) is 41.9. The molecule has 0 radical (unpaired) electrons. The van der Waals surface area contributed by atoms with Gasteiger partial charge in [-0.05, 0) is 97.9 Å². The molecule has 15 atom stereocenters. The van der Waals surface area contributed by atoms with Crippen LogP contribution in [0.15, 0.2) is 36.5 Å². The lowest BCUT2D eigenvalue weighted by atomic mass is 9.47. The molecule has 1 aliphatic heterocycles. The van der Waals surface area contributed by atoms with Crippen LogP contribution < -0.4 is 16.4 Å². The number of phosphoric ester groups is 3.